The second kappa shape index (κ2) is 7.11. The van der Waals surface area contributed by atoms with Crippen molar-refractivity contribution in [1.29, 1.82) is 0 Å². The van der Waals surface area contributed by atoms with Crippen molar-refractivity contribution in [2.45, 2.75) is 0 Å². The molecular formula is C23H17NO2. The molecule has 126 valence electrons. The lowest BCUT2D eigenvalue weighted by molar-refractivity contribution is 0.102. The summed E-state index contributed by atoms with van der Waals surface area (Å²) in [7, 11) is 0. The molecule has 0 bridgehead atoms. The van der Waals surface area contributed by atoms with Crippen LogP contribution in [-0.4, -0.2) is 5.91 Å². The van der Waals surface area contributed by atoms with Crippen LogP contribution in [0, 0.1) is 0 Å². The first kappa shape index (κ1) is 15.9. The molecule has 0 fully saturated rings. The van der Waals surface area contributed by atoms with Crippen LogP contribution in [0.4, 0.5) is 5.69 Å². The smallest absolute Gasteiger partial charge is 0.256 e. The minimum atomic E-state index is -0.122. The lowest BCUT2D eigenvalue weighted by atomic mass is 10.1. The Labute approximate surface area is 152 Å². The van der Waals surface area contributed by atoms with E-state index in [0.717, 1.165) is 28.3 Å². The second-order valence-electron chi connectivity index (χ2n) is 5.92. The molecule has 4 rings (SSSR count). The first-order chi connectivity index (χ1) is 12.8. The normalized spacial score (nSPS) is 10.5. The van der Waals surface area contributed by atoms with E-state index >= 15 is 0 Å². The Kier molecular flexibility index (Phi) is 4.35. The third kappa shape index (κ3) is 3.42. The van der Waals surface area contributed by atoms with Gasteiger partial charge in [0.05, 0.1) is 0 Å². The maximum absolute atomic E-state index is 12.6. The number of amides is 1. The number of carbonyl (C=O) groups excluding carboxylic acids is 1. The minimum Gasteiger partial charge on any atom is -0.457 e. The van der Waals surface area contributed by atoms with Crippen LogP contribution >= 0.6 is 0 Å². The van der Waals surface area contributed by atoms with Crippen LogP contribution in [0.2, 0.25) is 0 Å². The number of anilines is 1. The summed E-state index contributed by atoms with van der Waals surface area (Å²) in [6.45, 7) is 0. The van der Waals surface area contributed by atoms with Crippen molar-refractivity contribution < 1.29 is 9.53 Å². The predicted molar refractivity (Wildman–Crippen MR) is 104 cm³/mol. The Bertz CT molecular complexity index is 994. The maximum atomic E-state index is 12.6. The first-order valence-electron chi connectivity index (χ1n) is 8.42. The number of carbonyl (C=O) groups is 1. The Morgan fingerprint density at radius 1 is 0.654 bits per heavy atom. The molecular weight excluding hydrogens is 322 g/mol. The van der Waals surface area contributed by atoms with E-state index in [1.54, 1.807) is 0 Å². The van der Waals surface area contributed by atoms with Crippen molar-refractivity contribution in [3.63, 3.8) is 0 Å². The van der Waals surface area contributed by atoms with E-state index in [4.69, 9.17) is 4.74 Å². The molecule has 0 heterocycles. The van der Waals surface area contributed by atoms with Crippen LogP contribution in [0.1, 0.15) is 10.4 Å². The van der Waals surface area contributed by atoms with Crippen molar-refractivity contribution in [2.24, 2.45) is 0 Å². The highest BCUT2D eigenvalue weighted by atomic mass is 16.5. The molecule has 0 spiro atoms. The standard InChI is InChI=1S/C23H17NO2/c25-23(22-16-11-17-7-3-1-6-10-21(17)22)24-18-12-14-20(15-13-18)26-19-8-4-2-5-9-19/h1-16H,(H,24,25). The van der Waals surface area contributed by atoms with E-state index < -0.39 is 0 Å². The van der Waals surface area contributed by atoms with Gasteiger partial charge in [-0.05, 0) is 53.6 Å². The summed E-state index contributed by atoms with van der Waals surface area (Å²) < 4.78 is 5.77. The summed E-state index contributed by atoms with van der Waals surface area (Å²) in [5.74, 6) is 1.38. The third-order valence-corrected chi connectivity index (χ3v) is 4.13. The van der Waals surface area contributed by atoms with Gasteiger partial charge in [0.25, 0.3) is 5.91 Å². The SMILES string of the molecule is O=C(Nc1ccc(Oc2ccccc2)cc1)c1ccc2cccccc1-2. The zero-order chi connectivity index (χ0) is 17.8. The molecule has 0 atom stereocenters. The van der Waals surface area contributed by atoms with Gasteiger partial charge >= 0.3 is 0 Å². The Hall–Kier alpha value is -3.59. The summed E-state index contributed by atoms with van der Waals surface area (Å²) in [5.41, 5.74) is 3.38. The molecule has 2 aromatic carbocycles. The largest absolute Gasteiger partial charge is 0.457 e. The Balaban J connectivity index is 1.48. The monoisotopic (exact) mass is 339 g/mol. The highest BCUT2D eigenvalue weighted by Gasteiger charge is 2.14. The number of hydrogen-bond donors (Lipinski definition) is 1. The number of benzene rings is 2. The fourth-order valence-corrected chi connectivity index (χ4v) is 2.84. The molecule has 0 saturated heterocycles. The number of fused-ring (bicyclic) bond motifs is 1. The zero-order valence-electron chi connectivity index (χ0n) is 14.1. The average Bonchev–Trinajstić information content (AvgIpc) is 2.93. The lowest BCUT2D eigenvalue weighted by Gasteiger charge is -2.08. The topological polar surface area (TPSA) is 38.3 Å². The molecule has 1 amide bonds. The number of hydrogen-bond acceptors (Lipinski definition) is 2. The molecule has 1 N–H and O–H groups in total. The van der Waals surface area contributed by atoms with Gasteiger partial charge in [0.15, 0.2) is 0 Å². The minimum absolute atomic E-state index is 0.122. The van der Waals surface area contributed by atoms with Crippen molar-refractivity contribution >= 4 is 11.6 Å². The molecule has 0 radical (unpaired) electrons. The van der Waals surface area contributed by atoms with E-state index in [9.17, 15) is 4.79 Å². The van der Waals surface area contributed by atoms with Gasteiger partial charge in [0.2, 0.25) is 0 Å². The van der Waals surface area contributed by atoms with Gasteiger partial charge < -0.3 is 10.1 Å². The molecule has 0 unspecified atom stereocenters. The van der Waals surface area contributed by atoms with Gasteiger partial charge in [-0.2, -0.15) is 0 Å². The van der Waals surface area contributed by atoms with Crippen LogP contribution < -0.4 is 10.1 Å². The predicted octanol–water partition coefficient (Wildman–Crippen LogP) is 5.84. The Morgan fingerprint density at radius 3 is 2.08 bits per heavy atom. The highest BCUT2D eigenvalue weighted by molar-refractivity contribution is 6.09. The summed E-state index contributed by atoms with van der Waals surface area (Å²) >= 11 is 0. The van der Waals surface area contributed by atoms with Crippen molar-refractivity contribution in [1.82, 2.24) is 0 Å². The number of para-hydroxylation sites is 1. The molecule has 2 aliphatic rings. The molecule has 0 saturated carbocycles. The average molecular weight is 339 g/mol. The summed E-state index contributed by atoms with van der Waals surface area (Å²) in [6.07, 6.45) is 0. The van der Waals surface area contributed by atoms with Crippen molar-refractivity contribution in [3.8, 4) is 22.6 Å². The maximum Gasteiger partial charge on any atom is 0.256 e. The molecule has 0 aromatic heterocycles. The number of ether oxygens (including phenoxy) is 1. The fourth-order valence-electron chi connectivity index (χ4n) is 2.84. The first-order valence-corrected chi connectivity index (χ1v) is 8.42. The van der Waals surface area contributed by atoms with Gasteiger partial charge in [-0.15, -0.1) is 0 Å². The quantitative estimate of drug-likeness (QED) is 0.507. The summed E-state index contributed by atoms with van der Waals surface area (Å²) in [5, 5.41) is 2.94. The Morgan fingerprint density at radius 2 is 1.31 bits per heavy atom. The molecule has 3 nitrogen and oxygen atoms in total. The lowest BCUT2D eigenvalue weighted by Crippen LogP contribution is -2.11. The molecule has 2 aromatic rings. The fraction of sp³-hybridized carbons (Fsp3) is 0. The van der Waals surface area contributed by atoms with Crippen LogP contribution in [-0.2, 0) is 0 Å². The van der Waals surface area contributed by atoms with Crippen LogP contribution in [0.5, 0.6) is 11.5 Å². The third-order valence-electron chi connectivity index (χ3n) is 4.13. The van der Waals surface area contributed by atoms with E-state index in [-0.39, 0.29) is 5.91 Å². The van der Waals surface area contributed by atoms with Crippen molar-refractivity contribution in [2.75, 3.05) is 5.32 Å². The van der Waals surface area contributed by atoms with Crippen LogP contribution in [0.25, 0.3) is 11.1 Å². The van der Waals surface area contributed by atoms with E-state index in [1.807, 2.05) is 97.1 Å². The van der Waals surface area contributed by atoms with Crippen LogP contribution in [0.3, 0.4) is 0 Å². The molecule has 0 aliphatic heterocycles. The number of rotatable bonds is 4. The molecule has 26 heavy (non-hydrogen) atoms. The molecule has 2 aliphatic carbocycles. The van der Waals surface area contributed by atoms with Gasteiger partial charge in [0.1, 0.15) is 11.5 Å². The van der Waals surface area contributed by atoms with Crippen molar-refractivity contribution in [3.05, 3.63) is 103 Å². The van der Waals surface area contributed by atoms with Gasteiger partial charge in [-0.3, -0.25) is 4.79 Å². The summed E-state index contributed by atoms with van der Waals surface area (Å²) in [6, 6.07) is 30.6. The van der Waals surface area contributed by atoms with Gasteiger partial charge in [-0.1, -0.05) is 54.6 Å². The highest BCUT2D eigenvalue weighted by Crippen LogP contribution is 2.28. The number of nitrogens with one attached hydrogen (secondary N) is 1. The van der Waals surface area contributed by atoms with E-state index in [2.05, 4.69) is 5.32 Å². The van der Waals surface area contributed by atoms with E-state index in [1.165, 1.54) is 0 Å². The van der Waals surface area contributed by atoms with Gasteiger partial charge in [-0.25, -0.2) is 0 Å². The molecule has 3 heteroatoms. The van der Waals surface area contributed by atoms with Crippen LogP contribution in [0.15, 0.2) is 97.1 Å². The van der Waals surface area contributed by atoms with Gasteiger partial charge in [0, 0.05) is 11.3 Å². The summed E-state index contributed by atoms with van der Waals surface area (Å²) in [4.78, 5) is 12.6. The zero-order valence-corrected chi connectivity index (χ0v) is 14.1. The van der Waals surface area contributed by atoms with E-state index in [0.29, 0.717) is 5.56 Å². The second-order valence-corrected chi connectivity index (χ2v) is 5.92.